The van der Waals surface area contributed by atoms with E-state index in [4.69, 9.17) is 1.37 Å². The number of hydrogen-bond donors (Lipinski definition) is 0. The van der Waals surface area contributed by atoms with E-state index in [0.717, 1.165) is 48.9 Å². The summed E-state index contributed by atoms with van der Waals surface area (Å²) >= 11 is 0. The lowest BCUT2D eigenvalue weighted by atomic mass is 9.88. The molecule has 0 spiro atoms. The van der Waals surface area contributed by atoms with Gasteiger partial charge in [0.05, 0.1) is 7.89 Å². The van der Waals surface area contributed by atoms with Crippen LogP contribution >= 0.6 is 0 Å². The monoisotopic (exact) mass is 499 g/mol. The summed E-state index contributed by atoms with van der Waals surface area (Å²) in [5.74, 6) is -0.943. The quantitative estimate of drug-likeness (QED) is 0.306. The maximum absolute atomic E-state index is 15.5. The Labute approximate surface area is 220 Å². The van der Waals surface area contributed by atoms with Crippen LogP contribution in [0.5, 0.6) is 0 Å². The number of carbonyl (C=O) groups excluding carboxylic acids is 2. The number of carbonyl (C=O) groups is 2. The number of hydrogen-bond acceptors (Lipinski definition) is 3. The van der Waals surface area contributed by atoms with Crippen LogP contribution in [-0.4, -0.2) is 25.8 Å². The molecule has 4 nitrogen and oxygen atoms in total. The third-order valence-corrected chi connectivity index (χ3v) is 6.84. The van der Waals surface area contributed by atoms with Gasteiger partial charge in [0.15, 0.2) is 5.78 Å². The van der Waals surface area contributed by atoms with Gasteiger partial charge in [0, 0.05) is 37.0 Å². The molecule has 1 aliphatic rings. The molecule has 3 aromatic rings. The topological polar surface area (TPSA) is 40.6 Å². The van der Waals surface area contributed by atoms with Crippen molar-refractivity contribution in [1.29, 1.82) is 0 Å². The fourth-order valence-electron chi connectivity index (χ4n) is 4.71. The summed E-state index contributed by atoms with van der Waals surface area (Å²) in [7, 11) is 3.93. The van der Waals surface area contributed by atoms with E-state index in [1.54, 1.807) is 36.4 Å². The fraction of sp³-hybridized carbons (Fsp3) is 0.312. The van der Waals surface area contributed by atoms with Crippen molar-refractivity contribution >= 4 is 29.1 Å². The average Bonchev–Trinajstić information content (AvgIpc) is 2.92. The van der Waals surface area contributed by atoms with E-state index in [1.807, 2.05) is 49.3 Å². The van der Waals surface area contributed by atoms with Gasteiger partial charge in [0.25, 0.3) is 0 Å². The summed E-state index contributed by atoms with van der Waals surface area (Å²) in [5.41, 5.74) is 4.05. The van der Waals surface area contributed by atoms with Crippen LogP contribution in [0.15, 0.2) is 72.8 Å². The first kappa shape index (κ1) is 24.9. The molecule has 0 unspecified atom stereocenters. The average molecular weight is 500 g/mol. The largest absolute Gasteiger partial charge is 0.378 e. The standard InChI is InChI=1S/C32H35FN2O2/c1-23(36)12-13-24-8-7-11-30(20-24)35(32(37)26-9-5-4-6-10-26)22-28-15-14-27(21-31(28)33)25-16-18-29(19-17-25)34(2)3/h7-8,11-21,26H,4-6,9-10,22H2,1-3H3/b13-12+/i22D/t22-/m0/s1. The maximum Gasteiger partial charge on any atom is 0.230 e. The zero-order valence-corrected chi connectivity index (χ0v) is 21.8. The third kappa shape index (κ3) is 6.73. The van der Waals surface area contributed by atoms with Crippen LogP contribution < -0.4 is 9.80 Å². The minimum absolute atomic E-state index is 0.0811. The van der Waals surface area contributed by atoms with Crippen molar-refractivity contribution in [2.24, 2.45) is 5.92 Å². The predicted octanol–water partition coefficient (Wildman–Crippen LogP) is 7.27. The minimum atomic E-state index is -1.25. The molecule has 0 saturated heterocycles. The highest BCUT2D eigenvalue weighted by atomic mass is 19.1. The molecule has 5 heteroatoms. The summed E-state index contributed by atoms with van der Waals surface area (Å²) in [4.78, 5) is 28.6. The van der Waals surface area contributed by atoms with Gasteiger partial charge in [-0.3, -0.25) is 9.59 Å². The predicted molar refractivity (Wildman–Crippen MR) is 150 cm³/mol. The van der Waals surface area contributed by atoms with Crippen LogP contribution in [0, 0.1) is 11.7 Å². The van der Waals surface area contributed by atoms with E-state index in [1.165, 1.54) is 24.0 Å². The van der Waals surface area contributed by atoms with E-state index in [0.29, 0.717) is 11.3 Å². The van der Waals surface area contributed by atoms with E-state index in [2.05, 4.69) is 0 Å². The van der Waals surface area contributed by atoms with Gasteiger partial charge in [0.2, 0.25) is 5.91 Å². The molecule has 4 rings (SSSR count). The molecular formula is C32H35FN2O2. The van der Waals surface area contributed by atoms with Gasteiger partial charge >= 0.3 is 0 Å². The highest BCUT2D eigenvalue weighted by Crippen LogP contribution is 2.31. The minimum Gasteiger partial charge on any atom is -0.378 e. The summed E-state index contributed by atoms with van der Waals surface area (Å²) in [5, 5.41) is 0. The number of benzene rings is 3. The van der Waals surface area contributed by atoms with Gasteiger partial charge in [-0.05, 0) is 72.9 Å². The molecule has 192 valence electrons. The Kier molecular flexibility index (Phi) is 8.09. The zero-order valence-electron chi connectivity index (χ0n) is 22.8. The van der Waals surface area contributed by atoms with Crippen LogP contribution in [0.25, 0.3) is 17.2 Å². The summed E-state index contributed by atoms with van der Waals surface area (Å²) in [6, 6.07) is 19.9. The second-order valence-corrected chi connectivity index (χ2v) is 9.89. The van der Waals surface area contributed by atoms with Gasteiger partial charge in [-0.15, -0.1) is 0 Å². The van der Waals surface area contributed by atoms with E-state index >= 15 is 4.39 Å². The third-order valence-electron chi connectivity index (χ3n) is 6.84. The van der Waals surface area contributed by atoms with Crippen molar-refractivity contribution < 1.29 is 15.4 Å². The first-order valence-corrected chi connectivity index (χ1v) is 12.9. The lowest BCUT2D eigenvalue weighted by Gasteiger charge is -2.30. The molecule has 0 N–H and O–H groups in total. The number of rotatable bonds is 8. The molecule has 1 aliphatic carbocycles. The number of nitrogens with zero attached hydrogens (tertiary/aromatic N) is 2. The van der Waals surface area contributed by atoms with Crippen molar-refractivity contribution in [2.75, 3.05) is 23.9 Å². The van der Waals surface area contributed by atoms with Crippen molar-refractivity contribution in [3.8, 4) is 11.1 Å². The second-order valence-electron chi connectivity index (χ2n) is 9.89. The van der Waals surface area contributed by atoms with Crippen molar-refractivity contribution in [3.63, 3.8) is 0 Å². The van der Waals surface area contributed by atoms with Gasteiger partial charge in [-0.25, -0.2) is 4.39 Å². The van der Waals surface area contributed by atoms with Crippen LogP contribution in [0.1, 0.15) is 51.5 Å². The number of allylic oxidation sites excluding steroid dienone is 1. The molecule has 3 aromatic carbocycles. The second kappa shape index (κ2) is 12.0. The van der Waals surface area contributed by atoms with E-state index in [-0.39, 0.29) is 23.2 Å². The van der Waals surface area contributed by atoms with E-state index < -0.39 is 12.3 Å². The summed E-state index contributed by atoms with van der Waals surface area (Å²) < 4.78 is 24.6. The zero-order chi connectivity index (χ0) is 27.2. The summed E-state index contributed by atoms with van der Waals surface area (Å²) in [6.45, 7) is 0.226. The summed E-state index contributed by atoms with van der Waals surface area (Å²) in [6.07, 6.45) is 7.75. The van der Waals surface area contributed by atoms with Gasteiger partial charge < -0.3 is 9.80 Å². The molecule has 1 fully saturated rings. The molecule has 0 aliphatic heterocycles. The smallest absolute Gasteiger partial charge is 0.230 e. The fourth-order valence-corrected chi connectivity index (χ4v) is 4.71. The van der Waals surface area contributed by atoms with Gasteiger partial charge in [-0.2, -0.15) is 0 Å². The molecule has 1 atom stereocenters. The molecular weight excluding hydrogens is 463 g/mol. The first-order chi connectivity index (χ1) is 18.2. The Morgan fingerprint density at radius 2 is 1.65 bits per heavy atom. The maximum atomic E-state index is 15.5. The van der Waals surface area contributed by atoms with Gasteiger partial charge in [-0.1, -0.05) is 61.7 Å². The Morgan fingerprint density at radius 1 is 0.946 bits per heavy atom. The van der Waals surface area contributed by atoms with Crippen molar-refractivity contribution in [1.82, 2.24) is 0 Å². The van der Waals surface area contributed by atoms with Crippen LogP contribution in [-0.2, 0) is 16.1 Å². The van der Waals surface area contributed by atoms with E-state index in [9.17, 15) is 9.59 Å². The molecule has 37 heavy (non-hydrogen) atoms. The Hall–Kier alpha value is -3.73. The number of ketones is 1. The SMILES string of the molecule is [2H][C@@H](c1ccc(-c2ccc(N(C)C)cc2)cc1F)N(C(=O)C1CCCCC1)c1cccc(/C=C/C(C)=O)c1. The Bertz CT molecular complexity index is 1310. The Balaban J connectivity index is 1.69. The van der Waals surface area contributed by atoms with Crippen LogP contribution in [0.4, 0.5) is 15.8 Å². The van der Waals surface area contributed by atoms with Crippen molar-refractivity contribution in [3.05, 3.63) is 89.8 Å². The van der Waals surface area contributed by atoms with Crippen LogP contribution in [0.3, 0.4) is 0 Å². The molecule has 1 saturated carbocycles. The van der Waals surface area contributed by atoms with Gasteiger partial charge in [0.1, 0.15) is 5.82 Å². The molecule has 0 heterocycles. The highest BCUT2D eigenvalue weighted by Gasteiger charge is 2.28. The first-order valence-electron chi connectivity index (χ1n) is 13.4. The molecule has 0 bridgehead atoms. The Morgan fingerprint density at radius 3 is 2.30 bits per heavy atom. The van der Waals surface area contributed by atoms with Crippen LogP contribution in [0.2, 0.25) is 0 Å². The lowest BCUT2D eigenvalue weighted by Crippen LogP contribution is -2.37. The molecule has 1 amide bonds. The lowest BCUT2D eigenvalue weighted by molar-refractivity contribution is -0.123. The number of anilines is 2. The highest BCUT2D eigenvalue weighted by molar-refractivity contribution is 5.96. The number of amides is 1. The molecule has 0 radical (unpaired) electrons. The number of halogens is 1. The normalized spacial score (nSPS) is 15.3. The van der Waals surface area contributed by atoms with Crippen molar-refractivity contribution in [2.45, 2.75) is 45.5 Å². The molecule has 0 aromatic heterocycles.